The summed E-state index contributed by atoms with van der Waals surface area (Å²) < 4.78 is 0. The number of guanidine groups is 1. The van der Waals surface area contributed by atoms with E-state index in [0.717, 1.165) is 16.7 Å². The highest BCUT2D eigenvalue weighted by Gasteiger charge is 2.22. The van der Waals surface area contributed by atoms with E-state index in [1.54, 1.807) is 0 Å². The summed E-state index contributed by atoms with van der Waals surface area (Å²) in [6.07, 6.45) is 1.24. The topological polar surface area (TPSA) is 143 Å². The lowest BCUT2D eigenvalue weighted by molar-refractivity contribution is -0.128. The number of hydrogen-bond acceptors (Lipinski definition) is 5. The molecule has 2 aromatic rings. The molecule has 0 bridgehead atoms. The van der Waals surface area contributed by atoms with Gasteiger partial charge in [-0.2, -0.15) is 12.6 Å². The molecular weight excluding hydrogens is 426 g/mol. The van der Waals surface area contributed by atoms with Crippen molar-refractivity contribution in [2.24, 2.45) is 16.5 Å². The first kappa shape index (κ1) is 25.2. The highest BCUT2D eigenvalue weighted by atomic mass is 32.1. The van der Waals surface area contributed by atoms with Crippen molar-refractivity contribution < 1.29 is 14.7 Å². The van der Waals surface area contributed by atoms with Gasteiger partial charge in [0.25, 0.3) is 0 Å². The third-order valence-corrected chi connectivity index (χ3v) is 5.20. The molecule has 0 radical (unpaired) electrons. The molecule has 2 rings (SSSR count). The van der Waals surface area contributed by atoms with Crippen LogP contribution in [0.5, 0.6) is 0 Å². The van der Waals surface area contributed by atoms with Crippen LogP contribution in [0.15, 0.2) is 59.6 Å². The molecule has 0 saturated heterocycles. The molecule has 2 amide bonds. The number of nitrogens with one attached hydrogen (secondary N) is 2. The van der Waals surface area contributed by atoms with Crippen molar-refractivity contribution in [1.29, 1.82) is 0 Å². The minimum absolute atomic E-state index is 0.00198. The molecule has 32 heavy (non-hydrogen) atoms. The monoisotopic (exact) mass is 457 g/mol. The Morgan fingerprint density at radius 1 is 1.00 bits per heavy atom. The zero-order chi connectivity index (χ0) is 23.3. The summed E-state index contributed by atoms with van der Waals surface area (Å²) in [5.41, 5.74) is 13.6. The number of thiol groups is 1. The fraction of sp³-hybridized carbons (Fsp3) is 0.348. The Morgan fingerprint density at radius 3 is 2.25 bits per heavy atom. The van der Waals surface area contributed by atoms with Crippen LogP contribution in [0, 0.1) is 0 Å². The molecular formula is C23H31N5O3S. The number of hydrogen-bond donors (Lipinski definition) is 6. The van der Waals surface area contributed by atoms with Crippen LogP contribution in [0.2, 0.25) is 0 Å². The van der Waals surface area contributed by atoms with E-state index in [1.807, 2.05) is 54.6 Å². The molecule has 0 unspecified atom stereocenters. The number of amides is 2. The van der Waals surface area contributed by atoms with Gasteiger partial charge >= 0.3 is 0 Å². The number of nitrogens with two attached hydrogens (primary N) is 2. The van der Waals surface area contributed by atoms with Crippen LogP contribution in [-0.2, 0) is 16.0 Å². The number of nitrogens with zero attached hydrogens (tertiary/aromatic N) is 1. The average Bonchev–Trinajstić information content (AvgIpc) is 2.80. The summed E-state index contributed by atoms with van der Waals surface area (Å²) >= 11 is 4.19. The molecule has 0 aliphatic rings. The Hall–Kier alpha value is -3.04. The SMILES string of the molecule is NC(N)=NCCC[C@H](CO)NC(=O)[C@H](CS)NC(=O)Cc1ccc(-c2ccccc2)cc1. The molecule has 7 N–H and O–H groups in total. The second-order valence-electron chi connectivity index (χ2n) is 7.38. The summed E-state index contributed by atoms with van der Waals surface area (Å²) in [6, 6.07) is 16.4. The summed E-state index contributed by atoms with van der Waals surface area (Å²) in [7, 11) is 0. The van der Waals surface area contributed by atoms with Crippen LogP contribution in [0.4, 0.5) is 0 Å². The zero-order valence-corrected chi connectivity index (χ0v) is 18.8. The maximum absolute atomic E-state index is 12.5. The molecule has 8 nitrogen and oxygen atoms in total. The van der Waals surface area contributed by atoms with Crippen molar-refractivity contribution in [3.63, 3.8) is 0 Å². The average molecular weight is 458 g/mol. The zero-order valence-electron chi connectivity index (χ0n) is 17.9. The maximum atomic E-state index is 12.5. The second kappa shape index (κ2) is 13.4. The van der Waals surface area contributed by atoms with Gasteiger partial charge in [0.1, 0.15) is 6.04 Å². The highest BCUT2D eigenvalue weighted by Crippen LogP contribution is 2.19. The lowest BCUT2D eigenvalue weighted by Crippen LogP contribution is -2.51. The van der Waals surface area contributed by atoms with Crippen molar-refractivity contribution in [2.75, 3.05) is 18.9 Å². The number of aliphatic imine (C=N–C) groups is 1. The second-order valence-corrected chi connectivity index (χ2v) is 7.74. The number of benzene rings is 2. The normalized spacial score (nSPS) is 12.4. The largest absolute Gasteiger partial charge is 0.394 e. The molecule has 0 heterocycles. The Kier molecular flexibility index (Phi) is 10.6. The summed E-state index contributed by atoms with van der Waals surface area (Å²) in [5.74, 6) is -0.535. The van der Waals surface area contributed by atoms with Crippen LogP contribution in [0.3, 0.4) is 0 Å². The quantitative estimate of drug-likeness (QED) is 0.121. The minimum Gasteiger partial charge on any atom is -0.394 e. The molecule has 0 fully saturated rings. The molecule has 2 atom stereocenters. The van der Waals surface area contributed by atoms with Gasteiger partial charge < -0.3 is 27.2 Å². The predicted molar refractivity (Wildman–Crippen MR) is 130 cm³/mol. The van der Waals surface area contributed by atoms with Gasteiger partial charge in [0, 0.05) is 12.3 Å². The third-order valence-electron chi connectivity index (χ3n) is 4.83. The van der Waals surface area contributed by atoms with Crippen molar-refractivity contribution in [3.05, 3.63) is 60.2 Å². The van der Waals surface area contributed by atoms with Crippen LogP contribution < -0.4 is 22.1 Å². The van der Waals surface area contributed by atoms with Gasteiger partial charge in [-0.25, -0.2) is 0 Å². The molecule has 2 aromatic carbocycles. The van der Waals surface area contributed by atoms with Crippen molar-refractivity contribution in [2.45, 2.75) is 31.3 Å². The van der Waals surface area contributed by atoms with Gasteiger partial charge in [0.2, 0.25) is 11.8 Å². The molecule has 9 heteroatoms. The van der Waals surface area contributed by atoms with Crippen molar-refractivity contribution in [1.82, 2.24) is 10.6 Å². The molecule has 172 valence electrons. The van der Waals surface area contributed by atoms with E-state index in [1.165, 1.54) is 0 Å². The molecule has 0 aliphatic heterocycles. The Morgan fingerprint density at radius 2 is 1.66 bits per heavy atom. The van der Waals surface area contributed by atoms with Crippen LogP contribution in [0.25, 0.3) is 11.1 Å². The molecule has 0 aliphatic carbocycles. The van der Waals surface area contributed by atoms with Gasteiger partial charge in [-0.05, 0) is 29.5 Å². The van der Waals surface area contributed by atoms with Crippen LogP contribution in [0.1, 0.15) is 18.4 Å². The van der Waals surface area contributed by atoms with Gasteiger partial charge in [-0.15, -0.1) is 0 Å². The van der Waals surface area contributed by atoms with E-state index in [-0.39, 0.29) is 30.6 Å². The molecule has 0 spiro atoms. The first-order valence-electron chi connectivity index (χ1n) is 10.4. The Bertz CT molecular complexity index is 886. The van der Waals surface area contributed by atoms with Crippen LogP contribution in [-0.4, -0.2) is 53.9 Å². The van der Waals surface area contributed by atoms with Crippen molar-refractivity contribution >= 4 is 30.4 Å². The number of rotatable bonds is 12. The smallest absolute Gasteiger partial charge is 0.243 e. The Labute approximate surface area is 193 Å². The molecule has 0 aromatic heterocycles. The van der Waals surface area contributed by atoms with E-state index in [4.69, 9.17) is 11.5 Å². The lowest BCUT2D eigenvalue weighted by Gasteiger charge is -2.21. The van der Waals surface area contributed by atoms with Gasteiger partial charge in [0.15, 0.2) is 5.96 Å². The third kappa shape index (κ3) is 8.60. The first-order chi connectivity index (χ1) is 15.4. The first-order valence-corrected chi connectivity index (χ1v) is 11.1. The van der Waals surface area contributed by atoms with Gasteiger partial charge in [-0.1, -0.05) is 54.6 Å². The van der Waals surface area contributed by atoms with Crippen molar-refractivity contribution in [3.8, 4) is 11.1 Å². The van der Waals surface area contributed by atoms with E-state index in [0.29, 0.717) is 19.4 Å². The standard InChI is InChI=1S/C23H31N5O3S/c24-23(25)26-12-4-7-19(14-29)27-22(31)20(15-32)28-21(30)13-16-8-10-18(11-9-16)17-5-2-1-3-6-17/h1-3,5-6,8-11,19-20,29,32H,4,7,12-15H2,(H,27,31)(H,28,30)(H4,24,25,26)/t19-,20+/m1/s1. The number of carbonyl (C=O) groups is 2. The number of carbonyl (C=O) groups excluding carboxylic acids is 2. The van der Waals surface area contributed by atoms with E-state index in [2.05, 4.69) is 28.3 Å². The minimum atomic E-state index is -0.804. The lowest BCUT2D eigenvalue weighted by atomic mass is 10.0. The fourth-order valence-corrected chi connectivity index (χ4v) is 3.38. The fourth-order valence-electron chi connectivity index (χ4n) is 3.13. The van der Waals surface area contributed by atoms with E-state index < -0.39 is 18.0 Å². The maximum Gasteiger partial charge on any atom is 0.243 e. The predicted octanol–water partition coefficient (Wildman–Crippen LogP) is 0.841. The number of aliphatic hydroxyl groups is 1. The van der Waals surface area contributed by atoms with E-state index >= 15 is 0 Å². The summed E-state index contributed by atoms with van der Waals surface area (Å²) in [6.45, 7) is 0.180. The number of aliphatic hydroxyl groups excluding tert-OH is 1. The summed E-state index contributed by atoms with van der Waals surface area (Å²) in [4.78, 5) is 28.9. The highest BCUT2D eigenvalue weighted by molar-refractivity contribution is 7.80. The molecule has 0 saturated carbocycles. The summed E-state index contributed by atoms with van der Waals surface area (Å²) in [5, 5.41) is 15.0. The van der Waals surface area contributed by atoms with Crippen LogP contribution >= 0.6 is 12.6 Å². The van der Waals surface area contributed by atoms with E-state index in [9.17, 15) is 14.7 Å². The van der Waals surface area contributed by atoms with Gasteiger partial charge in [0.05, 0.1) is 19.1 Å². The van der Waals surface area contributed by atoms with Gasteiger partial charge in [-0.3, -0.25) is 14.6 Å². The Balaban J connectivity index is 1.85.